The summed E-state index contributed by atoms with van der Waals surface area (Å²) in [4.78, 5) is 4.77. The topological polar surface area (TPSA) is 38.7 Å². The maximum atomic E-state index is 9.69. The summed E-state index contributed by atoms with van der Waals surface area (Å²) in [5, 5.41) is 13.1. The molecule has 110 valence electrons. The summed E-state index contributed by atoms with van der Waals surface area (Å²) in [7, 11) is 0. The van der Waals surface area contributed by atoms with Gasteiger partial charge in [0.1, 0.15) is 0 Å². The average molecular weight is 275 g/mol. The first-order valence-electron chi connectivity index (χ1n) is 7.66. The van der Waals surface area contributed by atoms with E-state index < -0.39 is 0 Å². The van der Waals surface area contributed by atoms with Gasteiger partial charge in [-0.3, -0.25) is 0 Å². The number of hydrogen-bond acceptors (Lipinski definition) is 4. The maximum absolute atomic E-state index is 9.69. The van der Waals surface area contributed by atoms with Gasteiger partial charge < -0.3 is 20.2 Å². The highest BCUT2D eigenvalue weighted by Gasteiger charge is 2.23. The van der Waals surface area contributed by atoms with Gasteiger partial charge in [-0.2, -0.15) is 0 Å². The molecule has 0 aromatic heterocycles. The van der Waals surface area contributed by atoms with Crippen molar-refractivity contribution >= 4 is 11.4 Å². The van der Waals surface area contributed by atoms with Crippen LogP contribution in [-0.4, -0.2) is 50.0 Å². The summed E-state index contributed by atoms with van der Waals surface area (Å²) in [6.45, 7) is 9.36. The minimum atomic E-state index is -0.165. The molecule has 4 heteroatoms. The van der Waals surface area contributed by atoms with Crippen molar-refractivity contribution in [3.05, 3.63) is 23.8 Å². The highest BCUT2D eigenvalue weighted by molar-refractivity contribution is 5.62. The Morgan fingerprint density at radius 1 is 1.30 bits per heavy atom. The SMILES string of the molecule is Cc1cc(N2CCNC[C@H]2C)ccc1N1CC[C@@H](O)C1. The highest BCUT2D eigenvalue weighted by Crippen LogP contribution is 2.29. The second-order valence-corrected chi connectivity index (χ2v) is 6.11. The van der Waals surface area contributed by atoms with Crippen molar-refractivity contribution < 1.29 is 5.11 Å². The van der Waals surface area contributed by atoms with Gasteiger partial charge >= 0.3 is 0 Å². The molecule has 0 spiro atoms. The lowest BCUT2D eigenvalue weighted by atomic mass is 10.1. The maximum Gasteiger partial charge on any atom is 0.0731 e. The molecule has 20 heavy (non-hydrogen) atoms. The molecule has 4 nitrogen and oxygen atoms in total. The number of anilines is 2. The fourth-order valence-electron chi connectivity index (χ4n) is 3.36. The summed E-state index contributed by atoms with van der Waals surface area (Å²) in [5.74, 6) is 0. The van der Waals surface area contributed by atoms with E-state index in [1.807, 2.05) is 0 Å². The molecule has 0 radical (unpaired) electrons. The quantitative estimate of drug-likeness (QED) is 0.855. The summed E-state index contributed by atoms with van der Waals surface area (Å²) in [6, 6.07) is 7.29. The molecule has 2 aliphatic heterocycles. The molecule has 1 aromatic carbocycles. The van der Waals surface area contributed by atoms with Crippen molar-refractivity contribution in [1.82, 2.24) is 5.32 Å². The van der Waals surface area contributed by atoms with Crippen LogP contribution in [0.3, 0.4) is 0 Å². The Balaban J connectivity index is 1.80. The van der Waals surface area contributed by atoms with Crippen molar-refractivity contribution in [2.45, 2.75) is 32.4 Å². The van der Waals surface area contributed by atoms with Crippen LogP contribution in [0.2, 0.25) is 0 Å². The third-order valence-corrected chi connectivity index (χ3v) is 4.52. The van der Waals surface area contributed by atoms with E-state index in [1.54, 1.807) is 0 Å². The summed E-state index contributed by atoms with van der Waals surface area (Å²) in [6.07, 6.45) is 0.720. The molecular formula is C16H25N3O. The number of rotatable bonds is 2. The molecule has 3 rings (SSSR count). The Labute approximate surface area is 121 Å². The lowest BCUT2D eigenvalue weighted by Crippen LogP contribution is -2.49. The van der Waals surface area contributed by atoms with E-state index in [-0.39, 0.29) is 6.10 Å². The molecule has 2 saturated heterocycles. The fraction of sp³-hybridized carbons (Fsp3) is 0.625. The molecule has 0 aliphatic carbocycles. The molecule has 2 fully saturated rings. The van der Waals surface area contributed by atoms with Gasteiger partial charge in [0.2, 0.25) is 0 Å². The molecule has 0 amide bonds. The summed E-state index contributed by atoms with van der Waals surface area (Å²) in [5.41, 5.74) is 3.90. The zero-order valence-corrected chi connectivity index (χ0v) is 12.5. The largest absolute Gasteiger partial charge is 0.391 e. The van der Waals surface area contributed by atoms with E-state index in [1.165, 1.54) is 16.9 Å². The van der Waals surface area contributed by atoms with E-state index >= 15 is 0 Å². The first-order chi connectivity index (χ1) is 9.65. The molecule has 2 heterocycles. The van der Waals surface area contributed by atoms with Gasteiger partial charge in [-0.1, -0.05) is 0 Å². The first-order valence-corrected chi connectivity index (χ1v) is 7.66. The van der Waals surface area contributed by atoms with Crippen LogP contribution in [0.15, 0.2) is 18.2 Å². The van der Waals surface area contributed by atoms with Gasteiger partial charge in [0.15, 0.2) is 0 Å². The number of piperazine rings is 1. The van der Waals surface area contributed by atoms with Crippen molar-refractivity contribution in [3.63, 3.8) is 0 Å². The molecular weight excluding hydrogens is 250 g/mol. The Morgan fingerprint density at radius 2 is 2.15 bits per heavy atom. The van der Waals surface area contributed by atoms with Gasteiger partial charge in [-0.05, 0) is 44.0 Å². The molecule has 1 aromatic rings. The Kier molecular flexibility index (Phi) is 3.85. The number of aryl methyl sites for hydroxylation is 1. The van der Waals surface area contributed by atoms with Crippen LogP contribution in [0.4, 0.5) is 11.4 Å². The van der Waals surface area contributed by atoms with E-state index in [0.29, 0.717) is 6.04 Å². The predicted molar refractivity (Wildman–Crippen MR) is 83.7 cm³/mol. The Hall–Kier alpha value is -1.26. The van der Waals surface area contributed by atoms with E-state index in [9.17, 15) is 5.11 Å². The molecule has 2 aliphatic rings. The smallest absolute Gasteiger partial charge is 0.0731 e. The monoisotopic (exact) mass is 275 g/mol. The van der Waals surface area contributed by atoms with Gasteiger partial charge in [0.05, 0.1) is 6.10 Å². The van der Waals surface area contributed by atoms with Crippen molar-refractivity contribution in [2.75, 3.05) is 42.5 Å². The molecule has 0 saturated carbocycles. The minimum Gasteiger partial charge on any atom is -0.391 e. The normalized spacial score (nSPS) is 27.1. The highest BCUT2D eigenvalue weighted by atomic mass is 16.3. The number of nitrogens with zero attached hydrogens (tertiary/aromatic N) is 2. The zero-order chi connectivity index (χ0) is 14.1. The third kappa shape index (κ3) is 2.63. The van der Waals surface area contributed by atoms with Crippen LogP contribution in [-0.2, 0) is 0 Å². The lowest BCUT2D eigenvalue weighted by Gasteiger charge is -2.36. The lowest BCUT2D eigenvalue weighted by molar-refractivity contribution is 0.198. The number of nitrogens with one attached hydrogen (secondary N) is 1. The van der Waals surface area contributed by atoms with Crippen LogP contribution >= 0.6 is 0 Å². The first kappa shape index (κ1) is 13.7. The van der Waals surface area contributed by atoms with Crippen molar-refractivity contribution in [1.29, 1.82) is 0 Å². The second kappa shape index (κ2) is 5.62. The molecule has 2 N–H and O–H groups in total. The van der Waals surface area contributed by atoms with Crippen LogP contribution < -0.4 is 15.1 Å². The number of hydrogen-bond donors (Lipinski definition) is 2. The van der Waals surface area contributed by atoms with Gasteiger partial charge in [0.25, 0.3) is 0 Å². The second-order valence-electron chi connectivity index (χ2n) is 6.11. The zero-order valence-electron chi connectivity index (χ0n) is 12.5. The summed E-state index contributed by atoms with van der Waals surface area (Å²) >= 11 is 0. The standard InChI is InChI=1S/C16H25N3O/c1-12-9-14(19-8-6-17-10-13(19)2)3-4-16(12)18-7-5-15(20)11-18/h3-4,9,13,15,17,20H,5-8,10-11H2,1-2H3/t13-,15-/m1/s1. The predicted octanol–water partition coefficient (Wildman–Crippen LogP) is 1.36. The van der Waals surface area contributed by atoms with Crippen LogP contribution in [0, 0.1) is 6.92 Å². The van der Waals surface area contributed by atoms with Crippen LogP contribution in [0.5, 0.6) is 0 Å². The van der Waals surface area contributed by atoms with E-state index in [0.717, 1.165) is 39.1 Å². The summed E-state index contributed by atoms with van der Waals surface area (Å²) < 4.78 is 0. The molecule has 0 unspecified atom stereocenters. The number of aliphatic hydroxyl groups is 1. The molecule has 0 bridgehead atoms. The third-order valence-electron chi connectivity index (χ3n) is 4.52. The van der Waals surface area contributed by atoms with Gasteiger partial charge in [-0.25, -0.2) is 0 Å². The van der Waals surface area contributed by atoms with Crippen LogP contribution in [0.1, 0.15) is 18.9 Å². The van der Waals surface area contributed by atoms with E-state index in [2.05, 4.69) is 47.2 Å². The van der Waals surface area contributed by atoms with E-state index in [4.69, 9.17) is 0 Å². The fourth-order valence-corrected chi connectivity index (χ4v) is 3.36. The number of β-amino-alcohol motifs (C(OH)–C–C–N with tert-alkyl or cyclic N) is 1. The molecule has 2 atom stereocenters. The van der Waals surface area contributed by atoms with Gasteiger partial charge in [0, 0.05) is 50.1 Å². The minimum absolute atomic E-state index is 0.165. The Bertz CT molecular complexity index is 477. The van der Waals surface area contributed by atoms with Crippen molar-refractivity contribution in [3.8, 4) is 0 Å². The van der Waals surface area contributed by atoms with Crippen LogP contribution in [0.25, 0.3) is 0 Å². The van der Waals surface area contributed by atoms with Gasteiger partial charge in [-0.15, -0.1) is 0 Å². The Morgan fingerprint density at radius 3 is 2.80 bits per heavy atom. The number of aliphatic hydroxyl groups excluding tert-OH is 1. The number of benzene rings is 1. The van der Waals surface area contributed by atoms with Crippen molar-refractivity contribution in [2.24, 2.45) is 0 Å². The average Bonchev–Trinajstić information content (AvgIpc) is 2.85.